The number of carbonyl (C=O) groups excluding carboxylic acids is 7. The van der Waals surface area contributed by atoms with Gasteiger partial charge in [-0.05, 0) is 24.3 Å². The van der Waals surface area contributed by atoms with Crippen molar-refractivity contribution in [3.63, 3.8) is 0 Å². The Morgan fingerprint density at radius 2 is 0.673 bits per heavy atom. The summed E-state index contributed by atoms with van der Waals surface area (Å²) in [5.41, 5.74) is -7.68. The number of hydrogen-bond donors (Lipinski definition) is 0. The predicted octanol–water partition coefficient (Wildman–Crippen LogP) is 5.04. The lowest BCUT2D eigenvalue weighted by atomic mass is 9.96. The first kappa shape index (κ1) is 34.9. The Hall–Kier alpha value is -6.93. The van der Waals surface area contributed by atoms with Gasteiger partial charge in [0.1, 0.15) is 11.1 Å². The molecule has 0 spiro atoms. The second kappa shape index (κ2) is 12.1. The molecule has 0 unspecified atom stereocenters. The van der Waals surface area contributed by atoms with Crippen molar-refractivity contribution in [2.24, 2.45) is 0 Å². The van der Waals surface area contributed by atoms with Gasteiger partial charge in [-0.15, -0.1) is 0 Å². The molecule has 2 aliphatic rings. The Bertz CT molecular complexity index is 2210. The summed E-state index contributed by atoms with van der Waals surface area (Å²) in [5.74, 6) is -37.7. The van der Waals surface area contributed by atoms with Crippen LogP contribution in [-0.4, -0.2) is 51.5 Å². The molecule has 4 aromatic carbocycles. The number of fused-ring (bicyclic) bond motifs is 2. The fraction of sp³-hybridized carbons (Fsp3) is 0. The zero-order valence-corrected chi connectivity index (χ0v) is 24.3. The van der Waals surface area contributed by atoms with Crippen LogP contribution in [0, 0.1) is 58.2 Å². The predicted molar refractivity (Wildman–Crippen MR) is 141 cm³/mol. The highest BCUT2D eigenvalue weighted by molar-refractivity contribution is 6.24. The number of carbonyl (C=O) groups is 7. The van der Waals surface area contributed by atoms with E-state index in [0.29, 0.717) is 0 Å². The van der Waals surface area contributed by atoms with E-state index in [2.05, 4.69) is 9.68 Å². The largest absolute Gasteiger partial charge is 0.370 e. The fourth-order valence-electron chi connectivity index (χ4n) is 4.88. The van der Waals surface area contributed by atoms with Gasteiger partial charge in [-0.1, -0.05) is 22.3 Å². The molecule has 0 saturated heterocycles. The van der Waals surface area contributed by atoms with Crippen LogP contribution >= 0.6 is 0 Å². The number of nitrogens with zero attached hydrogens (tertiary/aromatic N) is 2. The summed E-state index contributed by atoms with van der Waals surface area (Å²) < 4.78 is 137. The third kappa shape index (κ3) is 5.03. The maximum Gasteiger partial charge on any atom is 0.370 e. The van der Waals surface area contributed by atoms with Crippen molar-refractivity contribution in [3.8, 4) is 0 Å². The molecule has 0 fully saturated rings. The van der Waals surface area contributed by atoms with E-state index in [0.717, 1.165) is 36.4 Å². The summed E-state index contributed by atoms with van der Waals surface area (Å²) in [4.78, 5) is 97.7. The number of amides is 4. The molecule has 0 N–H and O–H groups in total. The van der Waals surface area contributed by atoms with Crippen LogP contribution in [0.25, 0.3) is 0 Å². The maximum absolute atomic E-state index is 14.1. The van der Waals surface area contributed by atoms with E-state index in [-0.39, 0.29) is 10.1 Å². The van der Waals surface area contributed by atoms with Gasteiger partial charge in [0.2, 0.25) is 11.6 Å². The molecule has 11 nitrogen and oxygen atoms in total. The summed E-state index contributed by atoms with van der Waals surface area (Å²) in [6.45, 7) is 0. The molecule has 4 aromatic rings. The monoisotopic (exact) mass is 740 g/mol. The van der Waals surface area contributed by atoms with Crippen LogP contribution < -0.4 is 0 Å². The molecular weight excluding hydrogens is 734 g/mol. The van der Waals surface area contributed by atoms with Crippen molar-refractivity contribution in [1.29, 1.82) is 0 Å². The average Bonchev–Trinajstić information content (AvgIpc) is 3.50. The smallest absolute Gasteiger partial charge is 0.324 e. The van der Waals surface area contributed by atoms with Crippen LogP contribution in [0.15, 0.2) is 36.4 Å². The minimum absolute atomic E-state index is 0.388. The van der Waals surface area contributed by atoms with Crippen molar-refractivity contribution < 1.29 is 87.1 Å². The Morgan fingerprint density at radius 3 is 0.981 bits per heavy atom. The summed E-state index contributed by atoms with van der Waals surface area (Å²) in [6.07, 6.45) is 0. The molecule has 0 bridgehead atoms. The Labute approximate surface area is 278 Å². The lowest BCUT2D eigenvalue weighted by Crippen LogP contribution is -2.33. The summed E-state index contributed by atoms with van der Waals surface area (Å²) in [7, 11) is 0. The molecule has 2 aliphatic heterocycles. The lowest BCUT2D eigenvalue weighted by molar-refractivity contribution is -0.0592. The first-order valence-electron chi connectivity index (χ1n) is 13.5. The lowest BCUT2D eigenvalue weighted by Gasteiger charge is -2.14. The molecule has 0 aromatic heterocycles. The van der Waals surface area contributed by atoms with E-state index in [9.17, 15) is 77.5 Å². The number of rotatable bonds is 6. The normalized spacial score (nSPS) is 13.5. The van der Waals surface area contributed by atoms with E-state index in [4.69, 9.17) is 0 Å². The quantitative estimate of drug-likeness (QED) is 0.0873. The topological polar surface area (TPSA) is 144 Å². The highest BCUT2D eigenvalue weighted by atomic mass is 19.2. The van der Waals surface area contributed by atoms with Crippen LogP contribution in [-0.2, 0) is 9.68 Å². The molecule has 4 amide bonds. The van der Waals surface area contributed by atoms with E-state index in [1.807, 2.05) is 0 Å². The van der Waals surface area contributed by atoms with Crippen molar-refractivity contribution in [2.45, 2.75) is 0 Å². The molecule has 0 radical (unpaired) electrons. The SMILES string of the molecule is O=C(c1ccc2c(c1)C(=O)N(OC(=O)c1c(F)c(F)c(F)c(F)c1F)C2=O)c1ccc2c(c1)C(=O)N(OC(=O)c1c(F)c(F)c(F)c(F)c1F)C2=O. The number of hydroxylamine groups is 4. The van der Waals surface area contributed by atoms with Gasteiger partial charge >= 0.3 is 11.9 Å². The van der Waals surface area contributed by atoms with E-state index in [1.54, 1.807) is 0 Å². The Kier molecular flexibility index (Phi) is 8.15. The minimum Gasteiger partial charge on any atom is -0.324 e. The molecular formula is C31H6F10N2O9. The number of hydrogen-bond acceptors (Lipinski definition) is 9. The number of imide groups is 2. The van der Waals surface area contributed by atoms with Crippen molar-refractivity contribution in [3.05, 3.63) is 139 Å². The van der Waals surface area contributed by atoms with Gasteiger partial charge in [-0.25, -0.2) is 53.5 Å². The third-order valence-corrected chi connectivity index (χ3v) is 7.40. The van der Waals surface area contributed by atoms with Gasteiger partial charge in [0.15, 0.2) is 52.3 Å². The minimum atomic E-state index is -2.62. The van der Waals surface area contributed by atoms with Gasteiger partial charge in [-0.2, -0.15) is 0 Å². The van der Waals surface area contributed by atoms with Gasteiger partial charge in [-0.3, -0.25) is 24.0 Å². The average molecular weight is 740 g/mol. The molecule has 52 heavy (non-hydrogen) atoms. The first-order chi connectivity index (χ1) is 24.4. The zero-order chi connectivity index (χ0) is 38.2. The van der Waals surface area contributed by atoms with Crippen molar-refractivity contribution in [2.75, 3.05) is 0 Å². The summed E-state index contributed by atoms with van der Waals surface area (Å²) in [5, 5.41) is -0.775. The molecule has 264 valence electrons. The highest BCUT2D eigenvalue weighted by Crippen LogP contribution is 2.31. The second-order valence-electron chi connectivity index (χ2n) is 10.3. The summed E-state index contributed by atoms with van der Waals surface area (Å²) >= 11 is 0. The third-order valence-electron chi connectivity index (χ3n) is 7.40. The zero-order valence-electron chi connectivity index (χ0n) is 24.3. The number of halogens is 10. The Morgan fingerprint density at radius 1 is 0.404 bits per heavy atom. The molecule has 0 atom stereocenters. The molecule has 21 heteroatoms. The van der Waals surface area contributed by atoms with Crippen LogP contribution in [0.2, 0.25) is 0 Å². The molecule has 0 saturated carbocycles. The maximum atomic E-state index is 14.1. The van der Waals surface area contributed by atoms with E-state index >= 15 is 0 Å². The highest BCUT2D eigenvalue weighted by Gasteiger charge is 2.43. The van der Waals surface area contributed by atoms with Gasteiger partial charge in [0.05, 0.1) is 22.3 Å². The van der Waals surface area contributed by atoms with Crippen molar-refractivity contribution in [1.82, 2.24) is 10.1 Å². The summed E-state index contributed by atoms with van der Waals surface area (Å²) in [6, 6.07) is 4.97. The van der Waals surface area contributed by atoms with E-state index < -0.39 is 144 Å². The van der Waals surface area contributed by atoms with Crippen LogP contribution in [0.3, 0.4) is 0 Å². The van der Waals surface area contributed by atoms with Gasteiger partial charge < -0.3 is 9.68 Å². The van der Waals surface area contributed by atoms with Crippen molar-refractivity contribution >= 4 is 41.4 Å². The second-order valence-corrected chi connectivity index (χ2v) is 10.3. The molecule has 0 aliphatic carbocycles. The molecule has 6 rings (SSSR count). The number of ketones is 1. The van der Waals surface area contributed by atoms with Crippen LogP contribution in [0.1, 0.15) is 78.1 Å². The Balaban J connectivity index is 1.23. The van der Waals surface area contributed by atoms with Gasteiger partial charge in [0.25, 0.3) is 23.6 Å². The number of benzene rings is 4. The van der Waals surface area contributed by atoms with Crippen LogP contribution in [0.5, 0.6) is 0 Å². The van der Waals surface area contributed by atoms with E-state index in [1.165, 1.54) is 0 Å². The van der Waals surface area contributed by atoms with Crippen LogP contribution in [0.4, 0.5) is 43.9 Å². The standard InChI is InChI=1S/C31H6F10N2O9/c32-15-13(16(33)20(37)23(40)19(15)36)30(49)51-42-26(45)9-3-1-7(5-11(9)28(42)47)25(44)8-2-4-10-12(6-8)29(48)43(27(10)46)52-31(50)14-17(34)21(38)24(41)22(39)18(14)35/h1-6H. The molecule has 2 heterocycles. The van der Waals surface area contributed by atoms with Gasteiger partial charge in [0, 0.05) is 11.1 Å². The fourth-order valence-corrected chi connectivity index (χ4v) is 4.88. The first-order valence-corrected chi connectivity index (χ1v) is 13.5.